The average Bonchev–Trinajstić information content (AvgIpc) is 3.11. The minimum atomic E-state index is -0.148. The van der Waals surface area contributed by atoms with Crippen LogP contribution < -0.4 is 0 Å². The highest BCUT2D eigenvalue weighted by Crippen LogP contribution is 2.32. The van der Waals surface area contributed by atoms with Gasteiger partial charge in [-0.05, 0) is 98.3 Å². The highest BCUT2D eigenvalue weighted by atomic mass is 19.1. The summed E-state index contributed by atoms with van der Waals surface area (Å²) in [5, 5.41) is 0. The summed E-state index contributed by atoms with van der Waals surface area (Å²) < 4.78 is 13.5. The van der Waals surface area contributed by atoms with Crippen molar-refractivity contribution in [2.45, 2.75) is 71.4 Å². The smallest absolute Gasteiger partial charge is 0.254 e. The van der Waals surface area contributed by atoms with Crippen LogP contribution in [0.5, 0.6) is 0 Å². The normalized spacial score (nSPS) is 20.4. The van der Waals surface area contributed by atoms with Crippen LogP contribution in [0, 0.1) is 24.6 Å². The highest BCUT2D eigenvalue weighted by molar-refractivity contribution is 5.99. The average molecular weight is 449 g/mol. The van der Waals surface area contributed by atoms with E-state index in [1.165, 1.54) is 62.1 Å². The fourth-order valence-corrected chi connectivity index (χ4v) is 6.33. The molecule has 5 rings (SSSR count). The first-order chi connectivity index (χ1) is 16.0. The number of amides is 1. The number of halogens is 1. The van der Waals surface area contributed by atoms with Crippen molar-refractivity contribution in [3.8, 4) is 0 Å². The van der Waals surface area contributed by atoms with E-state index in [0.29, 0.717) is 11.8 Å². The number of piperidine rings is 1. The van der Waals surface area contributed by atoms with Crippen LogP contribution in [0.4, 0.5) is 4.39 Å². The van der Waals surface area contributed by atoms with E-state index in [0.717, 1.165) is 55.8 Å². The van der Waals surface area contributed by atoms with Gasteiger partial charge in [-0.2, -0.15) is 0 Å². The predicted octanol–water partition coefficient (Wildman–Crippen LogP) is 6.12. The van der Waals surface area contributed by atoms with E-state index in [1.807, 2.05) is 6.07 Å². The van der Waals surface area contributed by atoms with Crippen LogP contribution in [0.3, 0.4) is 0 Å². The molecule has 2 aromatic carbocycles. The van der Waals surface area contributed by atoms with Gasteiger partial charge < -0.3 is 4.90 Å². The SMILES string of the molecule is Cc1cc(CC2CCN(Cc3cccc(F)c3)CC2)cc2c1C(=O)N(CC1CCCCC1)C2. The number of nitrogens with zero attached hydrogens (tertiary/aromatic N) is 2. The minimum Gasteiger partial charge on any atom is -0.334 e. The molecule has 2 aromatic rings. The van der Waals surface area contributed by atoms with E-state index in [4.69, 9.17) is 0 Å². The molecule has 0 atom stereocenters. The molecule has 1 amide bonds. The molecule has 1 saturated carbocycles. The molecule has 0 bridgehead atoms. The minimum absolute atomic E-state index is 0.148. The second-order valence-electron chi connectivity index (χ2n) is 10.7. The quantitative estimate of drug-likeness (QED) is 0.531. The molecule has 2 aliphatic heterocycles. The third-order valence-electron chi connectivity index (χ3n) is 8.07. The number of benzene rings is 2. The second-order valence-corrected chi connectivity index (χ2v) is 10.7. The largest absolute Gasteiger partial charge is 0.334 e. The summed E-state index contributed by atoms with van der Waals surface area (Å²) in [7, 11) is 0. The Balaban J connectivity index is 1.17. The van der Waals surface area contributed by atoms with Gasteiger partial charge >= 0.3 is 0 Å². The zero-order valence-electron chi connectivity index (χ0n) is 20.0. The van der Waals surface area contributed by atoms with Crippen LogP contribution in [0.1, 0.15) is 77.6 Å². The number of likely N-dealkylation sites (tertiary alicyclic amines) is 1. The Labute approximate surface area is 198 Å². The molecule has 0 unspecified atom stereocenters. The van der Waals surface area contributed by atoms with Gasteiger partial charge in [0.05, 0.1) is 0 Å². The van der Waals surface area contributed by atoms with Gasteiger partial charge in [0.2, 0.25) is 0 Å². The summed E-state index contributed by atoms with van der Waals surface area (Å²) in [6.07, 6.45) is 10.0. The number of rotatable bonds is 6. The maximum Gasteiger partial charge on any atom is 0.254 e. The van der Waals surface area contributed by atoms with Crippen molar-refractivity contribution in [2.75, 3.05) is 19.6 Å². The lowest BCUT2D eigenvalue weighted by molar-refractivity contribution is 0.0737. The van der Waals surface area contributed by atoms with Crippen molar-refractivity contribution >= 4 is 5.91 Å². The van der Waals surface area contributed by atoms with E-state index in [9.17, 15) is 9.18 Å². The number of hydrogen-bond acceptors (Lipinski definition) is 2. The predicted molar refractivity (Wildman–Crippen MR) is 131 cm³/mol. The van der Waals surface area contributed by atoms with Crippen molar-refractivity contribution in [1.82, 2.24) is 9.80 Å². The number of carbonyl (C=O) groups is 1. The summed E-state index contributed by atoms with van der Waals surface area (Å²) in [4.78, 5) is 17.7. The molecule has 0 radical (unpaired) electrons. The number of carbonyl (C=O) groups excluding carboxylic acids is 1. The second kappa shape index (κ2) is 9.97. The van der Waals surface area contributed by atoms with E-state index < -0.39 is 0 Å². The van der Waals surface area contributed by atoms with Gasteiger partial charge in [-0.15, -0.1) is 0 Å². The van der Waals surface area contributed by atoms with Crippen LogP contribution in [-0.2, 0) is 19.5 Å². The molecule has 1 aliphatic carbocycles. The van der Waals surface area contributed by atoms with Gasteiger partial charge in [0.25, 0.3) is 5.91 Å². The molecule has 4 heteroatoms. The van der Waals surface area contributed by atoms with Crippen LogP contribution in [0.15, 0.2) is 36.4 Å². The lowest BCUT2D eigenvalue weighted by Crippen LogP contribution is -2.33. The first-order valence-corrected chi connectivity index (χ1v) is 12.9. The Morgan fingerprint density at radius 2 is 1.73 bits per heavy atom. The van der Waals surface area contributed by atoms with Crippen LogP contribution in [0.25, 0.3) is 0 Å². The maximum absolute atomic E-state index is 13.5. The molecule has 2 heterocycles. The Morgan fingerprint density at radius 1 is 0.939 bits per heavy atom. The third-order valence-corrected chi connectivity index (χ3v) is 8.07. The summed E-state index contributed by atoms with van der Waals surface area (Å²) in [5.41, 5.74) is 5.82. The van der Waals surface area contributed by atoms with Crippen molar-refractivity contribution in [3.05, 3.63) is 70.0 Å². The van der Waals surface area contributed by atoms with E-state index >= 15 is 0 Å². The lowest BCUT2D eigenvalue weighted by atomic mass is 9.88. The van der Waals surface area contributed by atoms with Gasteiger partial charge in [-0.1, -0.05) is 43.5 Å². The Bertz CT molecular complexity index is 989. The summed E-state index contributed by atoms with van der Waals surface area (Å²) in [5.74, 6) is 1.48. The first-order valence-electron chi connectivity index (χ1n) is 12.9. The monoisotopic (exact) mass is 448 g/mol. The van der Waals surface area contributed by atoms with Gasteiger partial charge in [-0.3, -0.25) is 9.69 Å². The molecule has 2 fully saturated rings. The molecule has 3 nitrogen and oxygen atoms in total. The number of aryl methyl sites for hydroxylation is 1. The van der Waals surface area contributed by atoms with Gasteiger partial charge in [-0.25, -0.2) is 4.39 Å². The van der Waals surface area contributed by atoms with Crippen molar-refractivity contribution in [1.29, 1.82) is 0 Å². The molecule has 0 aromatic heterocycles. The fourth-order valence-electron chi connectivity index (χ4n) is 6.33. The zero-order chi connectivity index (χ0) is 22.8. The summed E-state index contributed by atoms with van der Waals surface area (Å²) in [6, 6.07) is 11.6. The number of fused-ring (bicyclic) bond motifs is 1. The first kappa shape index (κ1) is 22.6. The highest BCUT2D eigenvalue weighted by Gasteiger charge is 2.31. The lowest BCUT2D eigenvalue weighted by Gasteiger charge is -2.32. The number of hydrogen-bond donors (Lipinski definition) is 0. The van der Waals surface area contributed by atoms with Crippen LogP contribution in [0.2, 0.25) is 0 Å². The van der Waals surface area contributed by atoms with E-state index in [2.05, 4.69) is 28.9 Å². The molecule has 1 saturated heterocycles. The Morgan fingerprint density at radius 3 is 2.48 bits per heavy atom. The molecule has 33 heavy (non-hydrogen) atoms. The summed E-state index contributed by atoms with van der Waals surface area (Å²) in [6.45, 7) is 6.82. The Hall–Kier alpha value is -2.20. The maximum atomic E-state index is 13.5. The standard InChI is InChI=1S/C29H37FN2O/c1-21-14-25(15-22-10-12-31(13-11-22)18-24-8-5-9-27(30)17-24)16-26-20-32(29(33)28(21)26)19-23-6-3-2-4-7-23/h5,8-9,14,16-17,22-23H,2-4,6-7,10-13,15,18-20H2,1H3. The molecular formula is C29H37FN2O. The van der Waals surface area contributed by atoms with Crippen molar-refractivity contribution in [3.63, 3.8) is 0 Å². The molecule has 0 N–H and O–H groups in total. The molecule has 176 valence electrons. The van der Waals surface area contributed by atoms with Crippen molar-refractivity contribution < 1.29 is 9.18 Å². The van der Waals surface area contributed by atoms with Gasteiger partial charge in [0, 0.05) is 25.2 Å². The van der Waals surface area contributed by atoms with Gasteiger partial charge in [0.15, 0.2) is 0 Å². The Kier molecular flexibility index (Phi) is 6.82. The van der Waals surface area contributed by atoms with Crippen LogP contribution >= 0.6 is 0 Å². The zero-order valence-corrected chi connectivity index (χ0v) is 20.0. The van der Waals surface area contributed by atoms with Gasteiger partial charge in [0.1, 0.15) is 5.82 Å². The van der Waals surface area contributed by atoms with E-state index in [-0.39, 0.29) is 11.7 Å². The topological polar surface area (TPSA) is 23.6 Å². The van der Waals surface area contributed by atoms with Crippen molar-refractivity contribution in [2.24, 2.45) is 11.8 Å². The third kappa shape index (κ3) is 5.32. The molecule has 0 spiro atoms. The molecular weight excluding hydrogens is 411 g/mol. The van der Waals surface area contributed by atoms with Crippen LogP contribution in [-0.4, -0.2) is 35.3 Å². The fraction of sp³-hybridized carbons (Fsp3) is 0.552. The van der Waals surface area contributed by atoms with E-state index in [1.54, 1.807) is 12.1 Å². The summed E-state index contributed by atoms with van der Waals surface area (Å²) >= 11 is 0. The molecule has 3 aliphatic rings.